The number of carbonyl (C=O) groups is 4. The zero-order valence-electron chi connectivity index (χ0n) is 44.1. The Hall–Kier alpha value is -5.99. The van der Waals surface area contributed by atoms with Gasteiger partial charge in [0.2, 0.25) is 0 Å². The minimum Gasteiger partial charge on any atom is -0.496 e. The minimum atomic E-state index is -4.58. The van der Waals surface area contributed by atoms with Gasteiger partial charge in [-0.05, 0) is 134 Å². The molecule has 1 aliphatic rings. The second-order valence-electron chi connectivity index (χ2n) is 17.2. The van der Waals surface area contributed by atoms with Crippen molar-refractivity contribution >= 4 is 34.0 Å². The van der Waals surface area contributed by atoms with Crippen LogP contribution in [0.1, 0.15) is 147 Å². The Morgan fingerprint density at radius 1 is 0.644 bits per heavy atom. The van der Waals surface area contributed by atoms with Gasteiger partial charge in [-0.25, -0.2) is 17.9 Å². The van der Waals surface area contributed by atoms with Crippen molar-refractivity contribution in [3.63, 3.8) is 0 Å². The minimum absolute atomic E-state index is 0.0285. The SMILES string of the molecule is CC/C=C/C/C=C/C/C=C/C/C=C/C/C=C/CCCC(=O)OCC(COC(=O)CCC/C=C/C/C=C/C/C=C/C/C=C/C/C=C/CC)OC(=O)NS(=O)(=O)c1ccc(OC)c(C(=O)NCC2CCCN2CC)c1. The molecule has 0 saturated carbocycles. The molecule has 1 heterocycles. The first-order chi connectivity index (χ1) is 35.5. The first kappa shape index (κ1) is 63.1. The van der Waals surface area contributed by atoms with E-state index < -0.39 is 53.3 Å². The van der Waals surface area contributed by atoms with Gasteiger partial charge < -0.3 is 24.3 Å². The molecule has 0 aliphatic carbocycles. The van der Waals surface area contributed by atoms with Gasteiger partial charge in [0, 0.05) is 25.4 Å². The maximum absolute atomic E-state index is 13.5. The van der Waals surface area contributed by atoms with Gasteiger partial charge in [0.15, 0.2) is 6.10 Å². The Labute approximate surface area is 438 Å². The Morgan fingerprint density at radius 2 is 1.08 bits per heavy atom. The Kier molecular flexibility index (Phi) is 35.9. The topological polar surface area (TPSA) is 167 Å². The number of amides is 2. The molecule has 1 unspecified atom stereocenters. The van der Waals surface area contributed by atoms with Crippen molar-refractivity contribution in [3.8, 4) is 5.75 Å². The number of nitrogens with zero attached hydrogens (tertiary/aromatic N) is 1. The van der Waals surface area contributed by atoms with Crippen LogP contribution >= 0.6 is 0 Å². The van der Waals surface area contributed by atoms with Crippen LogP contribution in [0, 0.1) is 0 Å². The monoisotopic (exact) mass is 1030 g/mol. The van der Waals surface area contributed by atoms with Gasteiger partial charge in [0.1, 0.15) is 19.0 Å². The standard InChI is InChI=1S/C59H85N3O10S/c1-5-8-10-12-14-16-18-20-22-24-26-28-30-32-34-36-38-42-56(63)70-49-52(50-71-57(64)43-39-37-35-33-31-29-27-25-23-21-19-17-15-13-11-9-6-2)72-59(66)61-73(67,68)53-44-45-55(69-4)54(47-53)58(65)60-48-51-41-40-46-62(51)7-3/h8-11,14-17,20-23,26-29,32-35,44-45,47,51-52H,5-7,12-13,18-19,24-25,30-31,36-43,46,48-50H2,1-4H3,(H,60,65)(H,61,66)/b10-8+,11-9+,16-14+,17-15+,22-20+,23-21+,28-26+,29-27+,34-32+,35-33+. The quantitative estimate of drug-likeness (QED) is 0.0280. The lowest BCUT2D eigenvalue weighted by Crippen LogP contribution is -2.40. The molecule has 0 aromatic heterocycles. The molecule has 2 amide bonds. The number of benzene rings is 1. The molecule has 1 aliphatic heterocycles. The van der Waals surface area contributed by atoms with Crippen molar-refractivity contribution < 1.29 is 46.5 Å². The lowest BCUT2D eigenvalue weighted by Gasteiger charge is -2.23. The molecule has 73 heavy (non-hydrogen) atoms. The first-order valence-corrected chi connectivity index (χ1v) is 27.8. The van der Waals surface area contributed by atoms with Crippen LogP contribution in [0.4, 0.5) is 4.79 Å². The number of nitrogens with one attached hydrogen (secondary N) is 2. The summed E-state index contributed by atoms with van der Waals surface area (Å²) >= 11 is 0. The molecule has 402 valence electrons. The third-order valence-corrected chi connectivity index (χ3v) is 12.6. The molecule has 14 heteroatoms. The third kappa shape index (κ3) is 31.3. The van der Waals surface area contributed by atoms with E-state index in [2.05, 4.69) is 128 Å². The highest BCUT2D eigenvalue weighted by Gasteiger charge is 2.27. The average Bonchev–Trinajstić information content (AvgIpc) is 3.85. The highest BCUT2D eigenvalue weighted by Crippen LogP contribution is 2.23. The highest BCUT2D eigenvalue weighted by molar-refractivity contribution is 7.90. The predicted molar refractivity (Wildman–Crippen MR) is 295 cm³/mol. The number of likely N-dealkylation sites (tertiary alicyclic amines) is 1. The molecule has 0 bridgehead atoms. The van der Waals surface area contributed by atoms with Crippen LogP contribution in [0.15, 0.2) is 145 Å². The molecule has 1 atom stereocenters. The Morgan fingerprint density at radius 3 is 1.51 bits per heavy atom. The van der Waals surface area contributed by atoms with E-state index in [0.29, 0.717) is 32.2 Å². The van der Waals surface area contributed by atoms with Crippen molar-refractivity contribution in [2.75, 3.05) is 40.0 Å². The summed E-state index contributed by atoms with van der Waals surface area (Å²) in [6.45, 7) is 7.52. The number of rotatable bonds is 38. The Balaban J connectivity index is 1.92. The van der Waals surface area contributed by atoms with Crippen molar-refractivity contribution in [2.24, 2.45) is 0 Å². The normalized spacial score (nSPS) is 14.9. The molecule has 13 nitrogen and oxygen atoms in total. The molecule has 2 rings (SSSR count). The van der Waals surface area contributed by atoms with E-state index in [0.717, 1.165) is 96.2 Å². The molecule has 0 spiro atoms. The molecule has 1 fully saturated rings. The third-order valence-electron chi connectivity index (χ3n) is 11.3. The first-order valence-electron chi connectivity index (χ1n) is 26.3. The van der Waals surface area contributed by atoms with Gasteiger partial charge in [-0.1, -0.05) is 142 Å². The van der Waals surface area contributed by atoms with Gasteiger partial charge in [-0.2, -0.15) is 0 Å². The van der Waals surface area contributed by atoms with Crippen molar-refractivity contribution in [1.82, 2.24) is 14.9 Å². The van der Waals surface area contributed by atoms with Gasteiger partial charge >= 0.3 is 18.0 Å². The highest BCUT2D eigenvalue weighted by atomic mass is 32.2. The number of unbranched alkanes of at least 4 members (excludes halogenated alkanes) is 2. The number of hydrogen-bond acceptors (Lipinski definition) is 11. The maximum Gasteiger partial charge on any atom is 0.421 e. The number of carbonyl (C=O) groups excluding carboxylic acids is 4. The van der Waals surface area contributed by atoms with Crippen molar-refractivity contribution in [1.29, 1.82) is 0 Å². The van der Waals surface area contributed by atoms with E-state index in [9.17, 15) is 27.6 Å². The second-order valence-corrected chi connectivity index (χ2v) is 18.9. The van der Waals surface area contributed by atoms with E-state index in [1.165, 1.54) is 19.2 Å². The summed E-state index contributed by atoms with van der Waals surface area (Å²) in [5, 5.41) is 2.88. The molecule has 0 radical (unpaired) electrons. The van der Waals surface area contributed by atoms with Gasteiger partial charge in [-0.15, -0.1) is 0 Å². The zero-order chi connectivity index (χ0) is 53.0. The molecule has 1 aromatic rings. The van der Waals surface area contributed by atoms with Crippen LogP contribution in [0.5, 0.6) is 5.75 Å². The second kappa shape index (κ2) is 41.5. The van der Waals surface area contributed by atoms with E-state index in [1.807, 2.05) is 29.0 Å². The van der Waals surface area contributed by atoms with Crippen LogP contribution in [-0.2, 0) is 33.8 Å². The molecule has 1 aromatic carbocycles. The fourth-order valence-electron chi connectivity index (χ4n) is 7.32. The number of methoxy groups -OCH3 is 1. The lowest BCUT2D eigenvalue weighted by molar-refractivity contribution is -0.152. The fraction of sp³-hybridized carbons (Fsp3) is 0.492. The Bertz CT molecular complexity index is 2080. The summed E-state index contributed by atoms with van der Waals surface area (Å²) in [5.41, 5.74) is -0.0285. The van der Waals surface area contributed by atoms with E-state index in [1.54, 1.807) is 0 Å². The van der Waals surface area contributed by atoms with Crippen LogP contribution in [0.2, 0.25) is 0 Å². The largest absolute Gasteiger partial charge is 0.496 e. The van der Waals surface area contributed by atoms with Crippen molar-refractivity contribution in [3.05, 3.63) is 145 Å². The summed E-state index contributed by atoms with van der Waals surface area (Å²) in [4.78, 5) is 53.8. The average molecular weight is 1030 g/mol. The molecular weight excluding hydrogens is 943 g/mol. The fourth-order valence-corrected chi connectivity index (χ4v) is 8.23. The number of esters is 2. The number of hydrogen-bond donors (Lipinski definition) is 2. The number of sulfonamides is 1. The summed E-state index contributed by atoms with van der Waals surface area (Å²) in [6.07, 6.45) is 53.2. The van der Waals surface area contributed by atoms with Crippen LogP contribution < -0.4 is 14.8 Å². The summed E-state index contributed by atoms with van der Waals surface area (Å²) in [5.74, 6) is -1.50. The van der Waals surface area contributed by atoms with Crippen LogP contribution in [-0.4, -0.2) is 89.4 Å². The number of allylic oxidation sites excluding steroid dienone is 20. The van der Waals surface area contributed by atoms with Gasteiger partial charge in [-0.3, -0.25) is 19.3 Å². The molecule has 1 saturated heterocycles. The van der Waals surface area contributed by atoms with E-state index in [4.69, 9.17) is 18.9 Å². The maximum atomic E-state index is 13.5. The number of ether oxygens (including phenoxy) is 4. The van der Waals surface area contributed by atoms with Crippen LogP contribution in [0.3, 0.4) is 0 Å². The zero-order valence-corrected chi connectivity index (χ0v) is 45.0. The molecule has 2 N–H and O–H groups in total. The lowest BCUT2D eigenvalue weighted by atomic mass is 10.1. The summed E-state index contributed by atoms with van der Waals surface area (Å²) in [7, 11) is -3.21. The molecular formula is C59H85N3O10S. The summed E-state index contributed by atoms with van der Waals surface area (Å²) in [6, 6.07) is 3.81. The van der Waals surface area contributed by atoms with E-state index in [-0.39, 0.29) is 35.1 Å². The van der Waals surface area contributed by atoms with Crippen LogP contribution in [0.25, 0.3) is 0 Å². The summed E-state index contributed by atoms with van der Waals surface area (Å²) < 4.78 is 50.3. The predicted octanol–water partition coefficient (Wildman–Crippen LogP) is 12.6. The smallest absolute Gasteiger partial charge is 0.421 e. The van der Waals surface area contributed by atoms with E-state index >= 15 is 0 Å². The van der Waals surface area contributed by atoms with Crippen molar-refractivity contribution in [2.45, 2.75) is 153 Å². The number of likely N-dealkylation sites (N-methyl/N-ethyl adjacent to an activating group) is 1. The van der Waals surface area contributed by atoms with Gasteiger partial charge in [0.25, 0.3) is 15.9 Å². The van der Waals surface area contributed by atoms with Gasteiger partial charge in [0.05, 0.1) is 17.6 Å².